The fraction of sp³-hybridized carbons (Fsp3) is 0.583. The third-order valence-corrected chi connectivity index (χ3v) is 5.38. The maximum Gasteiger partial charge on any atom is 0.263 e. The number of nitrogens with two attached hydrogens (primary N) is 1. The highest BCUT2D eigenvalue weighted by Gasteiger charge is 2.24. The molecular formula is C12H19N3OS2. The minimum Gasteiger partial charge on any atom is -0.396 e. The Labute approximate surface area is 116 Å². The number of thiophene rings is 1. The van der Waals surface area contributed by atoms with Crippen LogP contribution in [0.1, 0.15) is 28.9 Å². The average Bonchev–Trinajstić information content (AvgIpc) is 2.76. The molecule has 2 heterocycles. The van der Waals surface area contributed by atoms with Crippen LogP contribution in [0.3, 0.4) is 0 Å². The fourth-order valence-corrected chi connectivity index (χ4v) is 4.38. The molecule has 0 bridgehead atoms. The van der Waals surface area contributed by atoms with Gasteiger partial charge >= 0.3 is 0 Å². The summed E-state index contributed by atoms with van der Waals surface area (Å²) in [6.45, 7) is 2.14. The van der Waals surface area contributed by atoms with Crippen LogP contribution in [-0.4, -0.2) is 32.3 Å². The summed E-state index contributed by atoms with van der Waals surface area (Å²) < 4.78 is 0. The highest BCUT2D eigenvalue weighted by atomic mass is 32.2. The highest BCUT2D eigenvalue weighted by Crippen LogP contribution is 2.44. The molecule has 18 heavy (non-hydrogen) atoms. The largest absolute Gasteiger partial charge is 0.396 e. The van der Waals surface area contributed by atoms with E-state index in [1.54, 1.807) is 18.8 Å². The molecule has 0 unspecified atom stereocenters. The summed E-state index contributed by atoms with van der Waals surface area (Å²) in [5.74, 6) is -0.0870. The predicted octanol–water partition coefficient (Wildman–Crippen LogP) is 2.40. The molecule has 2 rings (SSSR count). The lowest BCUT2D eigenvalue weighted by Crippen LogP contribution is -2.28. The van der Waals surface area contributed by atoms with Gasteiger partial charge in [-0.3, -0.25) is 4.79 Å². The van der Waals surface area contributed by atoms with Crippen LogP contribution >= 0.6 is 23.1 Å². The van der Waals surface area contributed by atoms with Crippen molar-refractivity contribution >= 4 is 39.7 Å². The van der Waals surface area contributed by atoms with Crippen molar-refractivity contribution in [2.24, 2.45) is 0 Å². The number of carbonyl (C=O) groups excluding carboxylic acids is 1. The first-order valence-electron chi connectivity index (χ1n) is 6.12. The van der Waals surface area contributed by atoms with E-state index in [0.717, 1.165) is 18.0 Å². The number of nitrogen functional groups attached to an aromatic ring is 1. The number of anilines is 2. The van der Waals surface area contributed by atoms with Gasteiger partial charge in [0.1, 0.15) is 9.88 Å². The van der Waals surface area contributed by atoms with E-state index >= 15 is 0 Å². The number of nitrogens with one attached hydrogen (secondary N) is 1. The van der Waals surface area contributed by atoms with E-state index in [-0.39, 0.29) is 5.91 Å². The van der Waals surface area contributed by atoms with Crippen LogP contribution in [0.5, 0.6) is 0 Å². The van der Waals surface area contributed by atoms with Crippen LogP contribution in [0.25, 0.3) is 0 Å². The molecule has 1 amide bonds. The van der Waals surface area contributed by atoms with Crippen molar-refractivity contribution in [2.45, 2.75) is 24.2 Å². The van der Waals surface area contributed by atoms with Crippen LogP contribution in [-0.2, 0) is 0 Å². The van der Waals surface area contributed by atoms with Crippen molar-refractivity contribution in [1.29, 1.82) is 0 Å². The molecule has 0 radical (unpaired) electrons. The zero-order chi connectivity index (χ0) is 13.1. The summed E-state index contributed by atoms with van der Waals surface area (Å²) in [7, 11) is 1.64. The van der Waals surface area contributed by atoms with E-state index in [4.69, 9.17) is 5.73 Å². The Morgan fingerprint density at radius 2 is 2.06 bits per heavy atom. The molecule has 1 aliphatic rings. The lowest BCUT2D eigenvalue weighted by atomic mass is 10.1. The summed E-state index contributed by atoms with van der Waals surface area (Å²) in [6.07, 6.45) is 5.76. The number of thioether (sulfide) groups is 1. The van der Waals surface area contributed by atoms with Gasteiger partial charge in [0.25, 0.3) is 5.91 Å². The summed E-state index contributed by atoms with van der Waals surface area (Å²) in [6, 6.07) is 0. The normalized spacial score (nSPS) is 15.8. The average molecular weight is 285 g/mol. The number of rotatable bonds is 3. The highest BCUT2D eigenvalue weighted by molar-refractivity contribution is 7.99. The first-order valence-corrected chi connectivity index (χ1v) is 8.16. The minimum absolute atomic E-state index is 0.0870. The van der Waals surface area contributed by atoms with Gasteiger partial charge in [-0.05, 0) is 25.5 Å². The molecule has 0 spiro atoms. The van der Waals surface area contributed by atoms with E-state index in [2.05, 4.69) is 10.2 Å². The molecule has 1 aromatic heterocycles. The van der Waals surface area contributed by atoms with E-state index in [0.29, 0.717) is 10.6 Å². The number of amides is 1. The molecule has 0 atom stereocenters. The Bertz CT molecular complexity index is 439. The number of piperidine rings is 1. The molecule has 0 aromatic carbocycles. The van der Waals surface area contributed by atoms with Crippen molar-refractivity contribution in [1.82, 2.24) is 5.32 Å². The van der Waals surface area contributed by atoms with Gasteiger partial charge in [0, 0.05) is 20.1 Å². The lowest BCUT2D eigenvalue weighted by Gasteiger charge is -2.28. The zero-order valence-electron chi connectivity index (χ0n) is 10.8. The van der Waals surface area contributed by atoms with Gasteiger partial charge in [-0.2, -0.15) is 0 Å². The van der Waals surface area contributed by atoms with Crippen molar-refractivity contribution in [3.05, 3.63) is 4.88 Å². The Morgan fingerprint density at radius 3 is 2.61 bits per heavy atom. The molecule has 100 valence electrons. The van der Waals surface area contributed by atoms with Crippen LogP contribution in [0.4, 0.5) is 10.7 Å². The first-order chi connectivity index (χ1) is 8.69. The summed E-state index contributed by atoms with van der Waals surface area (Å²) in [5, 5.41) is 3.82. The van der Waals surface area contributed by atoms with Gasteiger partial charge in [0.05, 0.1) is 10.6 Å². The van der Waals surface area contributed by atoms with Crippen molar-refractivity contribution in [3.8, 4) is 0 Å². The Morgan fingerprint density at radius 1 is 1.39 bits per heavy atom. The zero-order valence-corrected chi connectivity index (χ0v) is 12.4. The number of hydrogen-bond donors (Lipinski definition) is 2. The number of hydrogen-bond acceptors (Lipinski definition) is 5. The number of carbonyl (C=O) groups is 1. The SMILES string of the molecule is CNC(=O)c1sc(N2CCCCC2)c(SC)c1N. The van der Waals surface area contributed by atoms with Gasteiger partial charge in [-0.25, -0.2) is 0 Å². The molecule has 3 N–H and O–H groups in total. The van der Waals surface area contributed by atoms with E-state index < -0.39 is 0 Å². The maximum absolute atomic E-state index is 11.8. The summed E-state index contributed by atoms with van der Waals surface area (Å²) in [5.41, 5.74) is 6.73. The van der Waals surface area contributed by atoms with Crippen molar-refractivity contribution < 1.29 is 4.79 Å². The standard InChI is InChI=1S/C12H19N3OS2/c1-14-11(16)9-8(13)10(17-2)12(18-9)15-6-4-3-5-7-15/h3-7,13H2,1-2H3,(H,14,16). The third-order valence-electron chi connectivity index (χ3n) is 3.16. The van der Waals surface area contributed by atoms with Crippen LogP contribution in [0, 0.1) is 0 Å². The van der Waals surface area contributed by atoms with E-state index in [1.165, 1.54) is 35.6 Å². The number of nitrogens with zero attached hydrogens (tertiary/aromatic N) is 1. The van der Waals surface area contributed by atoms with Crippen LogP contribution < -0.4 is 16.0 Å². The van der Waals surface area contributed by atoms with E-state index in [1.807, 2.05) is 6.26 Å². The molecule has 1 aromatic rings. The van der Waals surface area contributed by atoms with Crippen molar-refractivity contribution in [2.75, 3.05) is 37.0 Å². The van der Waals surface area contributed by atoms with Gasteiger partial charge in [0.15, 0.2) is 0 Å². The topological polar surface area (TPSA) is 58.4 Å². The lowest BCUT2D eigenvalue weighted by molar-refractivity contribution is 0.0968. The van der Waals surface area contributed by atoms with Gasteiger partial charge in [0.2, 0.25) is 0 Å². The maximum atomic E-state index is 11.8. The Balaban J connectivity index is 2.36. The molecule has 1 fully saturated rings. The molecule has 1 saturated heterocycles. The second kappa shape index (κ2) is 5.84. The molecule has 6 heteroatoms. The summed E-state index contributed by atoms with van der Waals surface area (Å²) >= 11 is 3.15. The quantitative estimate of drug-likeness (QED) is 0.837. The molecule has 4 nitrogen and oxygen atoms in total. The van der Waals surface area contributed by atoms with Gasteiger partial charge < -0.3 is 16.0 Å². The third kappa shape index (κ3) is 2.44. The van der Waals surface area contributed by atoms with Gasteiger partial charge in [-0.1, -0.05) is 0 Å². The van der Waals surface area contributed by atoms with Crippen molar-refractivity contribution in [3.63, 3.8) is 0 Å². The van der Waals surface area contributed by atoms with E-state index in [9.17, 15) is 4.79 Å². The van der Waals surface area contributed by atoms with Crippen LogP contribution in [0.2, 0.25) is 0 Å². The smallest absolute Gasteiger partial charge is 0.263 e. The molecule has 1 aliphatic heterocycles. The Hall–Kier alpha value is -0.880. The first kappa shape index (κ1) is 13.5. The fourth-order valence-electron chi connectivity index (χ4n) is 2.20. The molecule has 0 aliphatic carbocycles. The van der Waals surface area contributed by atoms with Crippen LogP contribution in [0.15, 0.2) is 4.90 Å². The summed E-state index contributed by atoms with van der Waals surface area (Å²) in [4.78, 5) is 15.9. The molecule has 0 saturated carbocycles. The van der Waals surface area contributed by atoms with Gasteiger partial charge in [-0.15, -0.1) is 23.1 Å². The Kier molecular flexibility index (Phi) is 4.40. The second-order valence-corrected chi connectivity index (χ2v) is 6.13. The molecular weight excluding hydrogens is 266 g/mol. The minimum atomic E-state index is -0.0870. The monoisotopic (exact) mass is 285 g/mol. The predicted molar refractivity (Wildman–Crippen MR) is 80.0 cm³/mol. The second-order valence-electron chi connectivity index (χ2n) is 4.31.